The number of aromatic nitrogens is 2. The lowest BCUT2D eigenvalue weighted by molar-refractivity contribution is 0.309. The van der Waals surface area contributed by atoms with Crippen LogP contribution in [0.3, 0.4) is 0 Å². The molecule has 0 N–H and O–H groups in total. The molecule has 0 aliphatic heterocycles. The van der Waals surface area contributed by atoms with Gasteiger partial charge in [-0.25, -0.2) is 9.37 Å². The lowest BCUT2D eigenvalue weighted by atomic mass is 9.92. The second kappa shape index (κ2) is 4.48. The smallest absolute Gasteiger partial charge is 0.125 e. The van der Waals surface area contributed by atoms with Gasteiger partial charge in [0.15, 0.2) is 0 Å². The largest absolute Gasteiger partial charge is 0.326 e. The van der Waals surface area contributed by atoms with Crippen molar-refractivity contribution >= 4 is 22.6 Å². The molecule has 1 aliphatic carbocycles. The summed E-state index contributed by atoms with van der Waals surface area (Å²) in [6.45, 7) is 5.48. The zero-order valence-electron chi connectivity index (χ0n) is 11.3. The second-order valence-corrected chi connectivity index (χ2v) is 6.17. The average Bonchev–Trinajstić information content (AvgIpc) is 3.08. The highest BCUT2D eigenvalue weighted by Gasteiger charge is 2.45. The Kier molecular flexibility index (Phi) is 3.05. The number of hydrogen-bond donors (Lipinski definition) is 0. The third-order valence-electron chi connectivity index (χ3n) is 4.50. The first-order chi connectivity index (χ1) is 9.05. The summed E-state index contributed by atoms with van der Waals surface area (Å²) in [6, 6.07) is 4.79. The van der Waals surface area contributed by atoms with E-state index in [1.54, 1.807) is 0 Å². The van der Waals surface area contributed by atoms with Crippen LogP contribution in [0.25, 0.3) is 11.0 Å². The summed E-state index contributed by atoms with van der Waals surface area (Å²) in [6.07, 6.45) is 2.51. The molecule has 0 radical (unpaired) electrons. The van der Waals surface area contributed by atoms with E-state index >= 15 is 0 Å². The summed E-state index contributed by atoms with van der Waals surface area (Å²) in [4.78, 5) is 4.45. The Bertz CT molecular complexity index is 614. The first-order valence-electron chi connectivity index (χ1n) is 6.76. The van der Waals surface area contributed by atoms with E-state index in [1.165, 1.54) is 25.0 Å². The minimum atomic E-state index is -0.247. The van der Waals surface area contributed by atoms with Crippen molar-refractivity contribution in [3.63, 3.8) is 0 Å². The molecule has 1 aromatic heterocycles. The number of alkyl halides is 1. The molecule has 1 aromatic carbocycles. The number of nitrogens with zero attached hydrogens (tertiary/aromatic N) is 2. The minimum Gasteiger partial charge on any atom is -0.326 e. The summed E-state index contributed by atoms with van der Waals surface area (Å²) in [5.74, 6) is 1.61. The van der Waals surface area contributed by atoms with Crippen molar-refractivity contribution in [2.45, 2.75) is 39.1 Å². The molecule has 2 nitrogen and oxygen atoms in total. The number of rotatable bonds is 4. The third-order valence-corrected chi connectivity index (χ3v) is 4.74. The Balaban J connectivity index is 2.06. The number of imidazole rings is 1. The molecule has 0 unspecified atom stereocenters. The third kappa shape index (κ3) is 2.14. The van der Waals surface area contributed by atoms with E-state index in [0.29, 0.717) is 22.7 Å². The van der Waals surface area contributed by atoms with Gasteiger partial charge < -0.3 is 4.57 Å². The van der Waals surface area contributed by atoms with Gasteiger partial charge in [-0.15, -0.1) is 11.6 Å². The van der Waals surface area contributed by atoms with Gasteiger partial charge in [0, 0.05) is 12.6 Å². The maximum absolute atomic E-state index is 13.3. The summed E-state index contributed by atoms with van der Waals surface area (Å²) < 4.78 is 15.5. The first-order valence-corrected chi connectivity index (χ1v) is 7.30. The van der Waals surface area contributed by atoms with Crippen LogP contribution in [0.2, 0.25) is 0 Å². The van der Waals surface area contributed by atoms with Crippen molar-refractivity contribution in [3.8, 4) is 0 Å². The molecule has 0 spiro atoms. The van der Waals surface area contributed by atoms with E-state index in [2.05, 4.69) is 23.4 Å². The molecule has 1 aliphatic rings. The lowest BCUT2D eigenvalue weighted by Gasteiger charge is -2.21. The van der Waals surface area contributed by atoms with Crippen LogP contribution >= 0.6 is 11.6 Å². The molecular formula is C15H18ClFN2. The van der Waals surface area contributed by atoms with Gasteiger partial charge in [0.25, 0.3) is 0 Å². The van der Waals surface area contributed by atoms with Gasteiger partial charge in [0.1, 0.15) is 11.6 Å². The zero-order valence-corrected chi connectivity index (χ0v) is 12.0. The van der Waals surface area contributed by atoms with Gasteiger partial charge in [-0.3, -0.25) is 0 Å². The summed E-state index contributed by atoms with van der Waals surface area (Å²) in [5.41, 5.74) is 2.07. The standard InChI is InChI=1S/C15H18ClFN2/c1-10(2)15(5-6-15)9-19-13-4-3-11(17)7-12(13)18-14(19)8-16/h3-4,7,10H,5-6,8-9H2,1-2H3. The monoisotopic (exact) mass is 280 g/mol. The average molecular weight is 281 g/mol. The van der Waals surface area contributed by atoms with Crippen LogP contribution in [0.1, 0.15) is 32.5 Å². The van der Waals surface area contributed by atoms with E-state index in [-0.39, 0.29) is 5.82 Å². The Morgan fingerprint density at radius 2 is 2.16 bits per heavy atom. The van der Waals surface area contributed by atoms with Gasteiger partial charge in [-0.2, -0.15) is 0 Å². The summed E-state index contributed by atoms with van der Waals surface area (Å²) in [7, 11) is 0. The van der Waals surface area contributed by atoms with Crippen molar-refractivity contribution in [3.05, 3.63) is 29.8 Å². The van der Waals surface area contributed by atoms with Crippen LogP contribution in [-0.2, 0) is 12.4 Å². The molecule has 4 heteroatoms. The number of hydrogen-bond acceptors (Lipinski definition) is 1. The van der Waals surface area contributed by atoms with Gasteiger partial charge in [0.2, 0.25) is 0 Å². The molecule has 1 saturated carbocycles. The minimum absolute atomic E-state index is 0.247. The highest BCUT2D eigenvalue weighted by molar-refractivity contribution is 6.16. The van der Waals surface area contributed by atoms with Crippen molar-refractivity contribution < 1.29 is 4.39 Å². The molecule has 1 fully saturated rings. The molecule has 19 heavy (non-hydrogen) atoms. The van der Waals surface area contributed by atoms with Gasteiger partial charge in [0.05, 0.1) is 16.9 Å². The Morgan fingerprint density at radius 3 is 2.74 bits per heavy atom. The van der Waals surface area contributed by atoms with Crippen LogP contribution in [-0.4, -0.2) is 9.55 Å². The molecule has 3 rings (SSSR count). The van der Waals surface area contributed by atoms with Crippen molar-refractivity contribution in [2.75, 3.05) is 0 Å². The topological polar surface area (TPSA) is 17.8 Å². The van der Waals surface area contributed by atoms with E-state index in [9.17, 15) is 4.39 Å². The van der Waals surface area contributed by atoms with E-state index in [4.69, 9.17) is 11.6 Å². The maximum atomic E-state index is 13.3. The fourth-order valence-corrected chi connectivity index (χ4v) is 3.03. The molecular weight excluding hydrogens is 263 g/mol. The van der Waals surface area contributed by atoms with Crippen LogP contribution < -0.4 is 0 Å². The van der Waals surface area contributed by atoms with Crippen LogP contribution in [0.4, 0.5) is 4.39 Å². The number of benzene rings is 1. The van der Waals surface area contributed by atoms with Gasteiger partial charge in [-0.05, 0) is 36.3 Å². The Labute approximate surface area is 117 Å². The Morgan fingerprint density at radius 1 is 1.42 bits per heavy atom. The zero-order chi connectivity index (χ0) is 13.6. The van der Waals surface area contributed by atoms with Gasteiger partial charge in [-0.1, -0.05) is 13.8 Å². The SMILES string of the molecule is CC(C)C1(Cn2c(CCl)nc3cc(F)ccc32)CC1. The van der Waals surface area contributed by atoms with Crippen molar-refractivity contribution in [1.82, 2.24) is 9.55 Å². The molecule has 0 atom stereocenters. The second-order valence-electron chi connectivity index (χ2n) is 5.90. The number of halogens is 2. The number of fused-ring (bicyclic) bond motifs is 1. The maximum Gasteiger partial charge on any atom is 0.125 e. The van der Waals surface area contributed by atoms with E-state index in [0.717, 1.165) is 17.9 Å². The molecule has 102 valence electrons. The predicted octanol–water partition coefficient (Wildman–Crippen LogP) is 4.35. The van der Waals surface area contributed by atoms with Crippen LogP contribution in [0.5, 0.6) is 0 Å². The Hall–Kier alpha value is -1.09. The lowest BCUT2D eigenvalue weighted by Crippen LogP contribution is -2.19. The molecule has 2 aromatic rings. The molecule has 1 heterocycles. The quantitative estimate of drug-likeness (QED) is 0.761. The van der Waals surface area contributed by atoms with Crippen molar-refractivity contribution in [2.24, 2.45) is 11.3 Å². The van der Waals surface area contributed by atoms with Crippen LogP contribution in [0.15, 0.2) is 18.2 Å². The fraction of sp³-hybridized carbons (Fsp3) is 0.533. The highest BCUT2D eigenvalue weighted by Crippen LogP contribution is 2.53. The first kappa shape index (κ1) is 12.9. The van der Waals surface area contributed by atoms with Crippen molar-refractivity contribution in [1.29, 1.82) is 0 Å². The normalized spacial score (nSPS) is 17.3. The highest BCUT2D eigenvalue weighted by atomic mass is 35.5. The molecule has 0 amide bonds. The van der Waals surface area contributed by atoms with E-state index < -0.39 is 0 Å². The molecule has 0 bridgehead atoms. The predicted molar refractivity (Wildman–Crippen MR) is 75.8 cm³/mol. The summed E-state index contributed by atoms with van der Waals surface area (Å²) in [5, 5.41) is 0. The molecule has 0 saturated heterocycles. The van der Waals surface area contributed by atoms with E-state index in [1.807, 2.05) is 6.07 Å². The summed E-state index contributed by atoms with van der Waals surface area (Å²) >= 11 is 6.00. The fourth-order valence-electron chi connectivity index (χ4n) is 2.82. The van der Waals surface area contributed by atoms with Crippen LogP contribution in [0, 0.1) is 17.2 Å². The van der Waals surface area contributed by atoms with Gasteiger partial charge >= 0.3 is 0 Å².